The second-order valence-corrected chi connectivity index (χ2v) is 6.06. The van der Waals surface area contributed by atoms with Gasteiger partial charge in [0.2, 0.25) is 0 Å². The molecule has 0 radical (unpaired) electrons. The van der Waals surface area contributed by atoms with Crippen molar-refractivity contribution >= 4 is 41.2 Å². The Morgan fingerprint density at radius 3 is 2.67 bits per heavy atom. The van der Waals surface area contributed by atoms with Gasteiger partial charge < -0.3 is 14.4 Å². The predicted molar refractivity (Wildman–Crippen MR) is 93.4 cm³/mol. The molecule has 1 aromatic rings. The van der Waals surface area contributed by atoms with E-state index < -0.39 is 12.0 Å². The van der Waals surface area contributed by atoms with Gasteiger partial charge in [-0.1, -0.05) is 12.1 Å². The third kappa shape index (κ3) is 3.41. The van der Waals surface area contributed by atoms with Crippen LogP contribution in [0.5, 0.6) is 0 Å². The maximum Gasteiger partial charge on any atom is 0.425 e. The van der Waals surface area contributed by atoms with Crippen LogP contribution >= 0.6 is 12.2 Å². The number of hydrogen-bond donors (Lipinski definition) is 0. The van der Waals surface area contributed by atoms with Gasteiger partial charge in [-0.05, 0) is 55.8 Å². The van der Waals surface area contributed by atoms with E-state index in [0.29, 0.717) is 0 Å². The lowest BCUT2D eigenvalue weighted by Crippen LogP contribution is -2.36. The molecule has 1 aliphatic heterocycles. The Morgan fingerprint density at radius 2 is 2.08 bits per heavy atom. The molecule has 0 spiro atoms. The number of benzene rings is 1. The van der Waals surface area contributed by atoms with Crippen LogP contribution in [-0.2, 0) is 14.3 Å². The molecule has 3 rings (SSSR count). The molecule has 126 valence electrons. The van der Waals surface area contributed by atoms with Crippen LogP contribution in [0.2, 0.25) is 0 Å². The van der Waals surface area contributed by atoms with Crippen molar-refractivity contribution in [2.75, 3.05) is 18.5 Å². The van der Waals surface area contributed by atoms with Gasteiger partial charge in [0.05, 0.1) is 0 Å². The summed E-state index contributed by atoms with van der Waals surface area (Å²) in [5.74, 6) is -0.579. The summed E-state index contributed by atoms with van der Waals surface area (Å²) < 4.78 is 10.4. The summed E-state index contributed by atoms with van der Waals surface area (Å²) in [5, 5.41) is -0.195. The van der Waals surface area contributed by atoms with Gasteiger partial charge in [-0.3, -0.25) is 4.79 Å². The summed E-state index contributed by atoms with van der Waals surface area (Å²) in [6.45, 7) is 2.96. The highest BCUT2D eigenvalue weighted by Gasteiger charge is 2.41. The number of carbonyl (C=O) groups is 2. The predicted octanol–water partition coefficient (Wildman–Crippen LogP) is 2.93. The quantitative estimate of drug-likeness (QED) is 0.617. The monoisotopic (exact) mass is 346 g/mol. The fourth-order valence-electron chi connectivity index (χ4n) is 2.17. The van der Waals surface area contributed by atoms with Crippen molar-refractivity contribution in [2.24, 2.45) is 0 Å². The normalized spacial score (nSPS) is 18.8. The van der Waals surface area contributed by atoms with Gasteiger partial charge in [-0.15, -0.1) is 0 Å². The Morgan fingerprint density at radius 1 is 1.42 bits per heavy atom. The van der Waals surface area contributed by atoms with Crippen LogP contribution in [0.15, 0.2) is 30.0 Å². The average Bonchev–Trinajstić information content (AvgIpc) is 3.33. The smallest absolute Gasteiger partial charge is 0.425 e. The summed E-state index contributed by atoms with van der Waals surface area (Å²) in [7, 11) is 2.00. The minimum Gasteiger partial charge on any atom is -0.445 e. The van der Waals surface area contributed by atoms with Crippen LogP contribution in [0.3, 0.4) is 0 Å². The van der Waals surface area contributed by atoms with E-state index in [1.54, 1.807) is 6.08 Å². The van der Waals surface area contributed by atoms with Crippen LogP contribution in [0.25, 0.3) is 6.08 Å². The second-order valence-electron chi connectivity index (χ2n) is 5.71. The number of rotatable bonds is 4. The highest BCUT2D eigenvalue weighted by atomic mass is 32.1. The molecular formula is C17H18N2O4S. The molecule has 1 heterocycles. The highest BCUT2D eigenvalue weighted by molar-refractivity contribution is 7.80. The zero-order valence-electron chi connectivity index (χ0n) is 13.5. The third-order valence-electron chi connectivity index (χ3n) is 3.87. The first-order valence-electron chi connectivity index (χ1n) is 7.79. The van der Waals surface area contributed by atoms with E-state index in [1.807, 2.05) is 31.3 Å². The van der Waals surface area contributed by atoms with Crippen LogP contribution < -0.4 is 4.90 Å². The van der Waals surface area contributed by atoms with Crippen molar-refractivity contribution in [3.8, 4) is 0 Å². The van der Waals surface area contributed by atoms with Crippen LogP contribution in [-0.4, -0.2) is 41.8 Å². The van der Waals surface area contributed by atoms with Gasteiger partial charge in [0.1, 0.15) is 6.10 Å². The minimum absolute atomic E-state index is 0.0179. The zero-order chi connectivity index (χ0) is 17.3. The van der Waals surface area contributed by atoms with Crippen molar-refractivity contribution < 1.29 is 19.1 Å². The molecular weight excluding hydrogens is 328 g/mol. The number of anilines is 1. The molecule has 1 aromatic carbocycles. The third-order valence-corrected chi connectivity index (χ3v) is 4.14. The summed E-state index contributed by atoms with van der Waals surface area (Å²) >= 11 is 4.97. The van der Waals surface area contributed by atoms with Crippen LogP contribution in [0.4, 0.5) is 10.5 Å². The first kappa shape index (κ1) is 16.4. The van der Waals surface area contributed by atoms with Gasteiger partial charge in [0.25, 0.3) is 5.17 Å². The molecule has 0 bridgehead atoms. The van der Waals surface area contributed by atoms with E-state index in [4.69, 9.17) is 21.7 Å². The molecule has 0 N–H and O–H groups in total. The van der Waals surface area contributed by atoms with Gasteiger partial charge in [0, 0.05) is 19.3 Å². The fraction of sp³-hybridized carbons (Fsp3) is 0.353. The molecule has 2 fully saturated rings. The summed E-state index contributed by atoms with van der Waals surface area (Å²) in [6, 6.07) is 7.65. The molecule has 0 aromatic heterocycles. The van der Waals surface area contributed by atoms with E-state index in [1.165, 1.54) is 0 Å². The number of ether oxygens (including phenoxy) is 2. The van der Waals surface area contributed by atoms with Crippen molar-refractivity contribution in [3.05, 3.63) is 35.6 Å². The Balaban J connectivity index is 1.74. The number of nitrogens with zero attached hydrogens (tertiary/aromatic N) is 2. The van der Waals surface area contributed by atoms with Gasteiger partial charge in [-0.2, -0.15) is 4.90 Å². The average molecular weight is 346 g/mol. The number of imide groups is 1. The lowest BCUT2D eigenvalue weighted by atomic mass is 10.1. The minimum atomic E-state index is -0.768. The molecule has 0 unspecified atom stereocenters. The Labute approximate surface area is 145 Å². The zero-order valence-corrected chi connectivity index (χ0v) is 14.3. The van der Waals surface area contributed by atoms with Crippen molar-refractivity contribution in [2.45, 2.75) is 25.9 Å². The van der Waals surface area contributed by atoms with Crippen molar-refractivity contribution in [1.29, 1.82) is 0 Å². The Bertz CT molecular complexity index is 710. The maximum absolute atomic E-state index is 12.3. The molecule has 1 saturated heterocycles. The molecule has 1 aliphatic carbocycles. The second kappa shape index (κ2) is 6.60. The van der Waals surface area contributed by atoms with Gasteiger partial charge in [0.15, 0.2) is 5.76 Å². The SMILES string of the molecule is CCN(C)c1ccc(C=C2OC(=S)N(C(=O)OC3CC3)C2=O)cc1. The van der Waals surface area contributed by atoms with Crippen LogP contribution in [0.1, 0.15) is 25.3 Å². The molecule has 0 atom stereocenters. The molecule has 2 aliphatic rings. The number of carbonyl (C=O) groups excluding carboxylic acids is 2. The van der Waals surface area contributed by atoms with E-state index in [-0.39, 0.29) is 17.0 Å². The Hall–Kier alpha value is -2.41. The molecule has 7 heteroatoms. The lowest BCUT2D eigenvalue weighted by molar-refractivity contribution is -0.121. The molecule has 24 heavy (non-hydrogen) atoms. The van der Waals surface area contributed by atoms with Gasteiger partial charge in [-0.25, -0.2) is 4.79 Å². The first-order chi connectivity index (χ1) is 11.5. The fourth-order valence-corrected chi connectivity index (χ4v) is 2.41. The lowest BCUT2D eigenvalue weighted by Gasteiger charge is -2.16. The first-order valence-corrected chi connectivity index (χ1v) is 8.20. The molecule has 1 saturated carbocycles. The van der Waals surface area contributed by atoms with Crippen LogP contribution in [0, 0.1) is 0 Å². The van der Waals surface area contributed by atoms with E-state index >= 15 is 0 Å². The maximum atomic E-state index is 12.3. The van der Waals surface area contributed by atoms with Gasteiger partial charge >= 0.3 is 12.0 Å². The topological polar surface area (TPSA) is 59.1 Å². The summed E-state index contributed by atoms with van der Waals surface area (Å²) in [4.78, 5) is 27.1. The number of thiocarbonyl (C=S) groups is 1. The van der Waals surface area contributed by atoms with E-state index in [0.717, 1.165) is 35.5 Å². The van der Waals surface area contributed by atoms with E-state index in [2.05, 4.69) is 11.8 Å². The van der Waals surface area contributed by atoms with E-state index in [9.17, 15) is 9.59 Å². The number of hydrogen-bond acceptors (Lipinski definition) is 6. The summed E-state index contributed by atoms with van der Waals surface area (Å²) in [5.41, 5.74) is 1.86. The van der Waals surface area contributed by atoms with Crippen molar-refractivity contribution in [1.82, 2.24) is 4.90 Å². The molecule has 6 nitrogen and oxygen atoms in total. The molecule has 2 amide bonds. The largest absolute Gasteiger partial charge is 0.445 e. The standard InChI is InChI=1S/C17H18N2O4S/c1-3-18(2)12-6-4-11(5-7-12)10-14-15(20)19(17(24)23-14)16(21)22-13-8-9-13/h4-7,10,13H,3,8-9H2,1-2H3. The summed E-state index contributed by atoms with van der Waals surface area (Å²) in [6.07, 6.45) is 2.33. The highest BCUT2D eigenvalue weighted by Crippen LogP contribution is 2.27. The van der Waals surface area contributed by atoms with Crippen molar-refractivity contribution in [3.63, 3.8) is 0 Å². The number of amides is 2. The Kier molecular flexibility index (Phi) is 4.53.